The first-order valence-corrected chi connectivity index (χ1v) is 6.54. The molecule has 0 saturated heterocycles. The van der Waals surface area contributed by atoms with Gasteiger partial charge in [-0.05, 0) is 12.8 Å². The van der Waals surface area contributed by atoms with Crippen molar-refractivity contribution in [2.45, 2.75) is 33.3 Å². The lowest BCUT2D eigenvalue weighted by Crippen LogP contribution is -2.26. The van der Waals surface area contributed by atoms with Crippen molar-refractivity contribution in [3.8, 4) is 0 Å². The molecule has 0 aliphatic heterocycles. The SMILES string of the molecule is CCCN(CCC)c1cc(NC)nc(COC)n1. The molecule has 0 bridgehead atoms. The molecular weight excluding hydrogens is 228 g/mol. The second-order valence-corrected chi connectivity index (χ2v) is 4.20. The number of hydrogen-bond acceptors (Lipinski definition) is 5. The van der Waals surface area contributed by atoms with Crippen molar-refractivity contribution in [3.05, 3.63) is 11.9 Å². The summed E-state index contributed by atoms with van der Waals surface area (Å²) in [6, 6.07) is 1.99. The van der Waals surface area contributed by atoms with Gasteiger partial charge in [0, 0.05) is 33.3 Å². The molecule has 0 saturated carbocycles. The number of nitrogens with zero attached hydrogens (tertiary/aromatic N) is 3. The third-order valence-electron chi connectivity index (χ3n) is 2.60. The maximum atomic E-state index is 5.11. The Morgan fingerprint density at radius 1 is 1.22 bits per heavy atom. The molecule has 0 radical (unpaired) electrons. The van der Waals surface area contributed by atoms with Crippen molar-refractivity contribution in [2.75, 3.05) is 37.5 Å². The molecule has 1 heterocycles. The van der Waals surface area contributed by atoms with Gasteiger partial charge in [-0.2, -0.15) is 0 Å². The Kier molecular flexibility index (Phi) is 6.43. The van der Waals surface area contributed by atoms with Crippen molar-refractivity contribution in [3.63, 3.8) is 0 Å². The fraction of sp³-hybridized carbons (Fsp3) is 0.692. The Bertz CT molecular complexity index is 351. The summed E-state index contributed by atoms with van der Waals surface area (Å²) >= 11 is 0. The van der Waals surface area contributed by atoms with E-state index in [0.717, 1.165) is 43.4 Å². The molecule has 5 nitrogen and oxygen atoms in total. The molecule has 0 amide bonds. The maximum absolute atomic E-state index is 5.11. The van der Waals surface area contributed by atoms with Crippen molar-refractivity contribution in [1.29, 1.82) is 0 Å². The maximum Gasteiger partial charge on any atom is 0.158 e. The van der Waals surface area contributed by atoms with Crippen LogP contribution in [0.2, 0.25) is 0 Å². The first kappa shape index (κ1) is 14.7. The van der Waals surface area contributed by atoms with Crippen LogP contribution in [0.1, 0.15) is 32.5 Å². The number of ether oxygens (including phenoxy) is 1. The van der Waals surface area contributed by atoms with Crippen LogP contribution in [0.5, 0.6) is 0 Å². The highest BCUT2D eigenvalue weighted by atomic mass is 16.5. The third kappa shape index (κ3) is 4.14. The normalized spacial score (nSPS) is 10.4. The molecule has 0 aliphatic rings. The van der Waals surface area contributed by atoms with Crippen molar-refractivity contribution in [2.24, 2.45) is 0 Å². The van der Waals surface area contributed by atoms with E-state index in [0.29, 0.717) is 6.61 Å². The summed E-state index contributed by atoms with van der Waals surface area (Å²) < 4.78 is 5.11. The third-order valence-corrected chi connectivity index (χ3v) is 2.60. The standard InChI is InChI=1S/C13H24N4O/c1-5-7-17(8-6-2)13-9-11(14-3)15-12(16-13)10-18-4/h9H,5-8,10H2,1-4H3,(H,14,15,16). The molecule has 5 heteroatoms. The molecule has 1 aromatic heterocycles. The summed E-state index contributed by atoms with van der Waals surface area (Å²) in [6.45, 7) is 6.83. The van der Waals surface area contributed by atoms with Gasteiger partial charge in [-0.1, -0.05) is 13.8 Å². The highest BCUT2D eigenvalue weighted by molar-refractivity contribution is 5.49. The van der Waals surface area contributed by atoms with Crippen LogP contribution in [-0.4, -0.2) is 37.2 Å². The molecule has 1 aromatic rings. The summed E-state index contributed by atoms with van der Waals surface area (Å²) in [5.41, 5.74) is 0. The van der Waals surface area contributed by atoms with Crippen LogP contribution in [-0.2, 0) is 11.3 Å². The Balaban J connectivity index is 2.99. The van der Waals surface area contributed by atoms with E-state index in [1.54, 1.807) is 7.11 Å². The summed E-state index contributed by atoms with van der Waals surface area (Å²) in [7, 11) is 3.53. The van der Waals surface area contributed by atoms with Gasteiger partial charge < -0.3 is 15.0 Å². The van der Waals surface area contributed by atoms with E-state index < -0.39 is 0 Å². The van der Waals surface area contributed by atoms with Gasteiger partial charge in [0.05, 0.1) is 0 Å². The van der Waals surface area contributed by atoms with E-state index in [4.69, 9.17) is 4.74 Å². The first-order valence-electron chi connectivity index (χ1n) is 6.54. The second kappa shape index (κ2) is 7.87. The number of rotatable bonds is 8. The average Bonchev–Trinajstić information content (AvgIpc) is 2.38. The molecule has 102 valence electrons. The van der Waals surface area contributed by atoms with Gasteiger partial charge in [-0.25, -0.2) is 9.97 Å². The van der Waals surface area contributed by atoms with Crippen LogP contribution in [0.25, 0.3) is 0 Å². The Hall–Kier alpha value is -1.36. The summed E-state index contributed by atoms with van der Waals surface area (Å²) in [6.07, 6.45) is 2.22. The Morgan fingerprint density at radius 2 is 1.89 bits per heavy atom. The Morgan fingerprint density at radius 3 is 2.39 bits per heavy atom. The largest absolute Gasteiger partial charge is 0.377 e. The number of nitrogens with one attached hydrogen (secondary N) is 1. The van der Waals surface area contributed by atoms with Crippen LogP contribution in [0.3, 0.4) is 0 Å². The van der Waals surface area contributed by atoms with E-state index in [2.05, 4.69) is 34.0 Å². The van der Waals surface area contributed by atoms with Crippen LogP contribution < -0.4 is 10.2 Å². The fourth-order valence-corrected chi connectivity index (χ4v) is 1.85. The van der Waals surface area contributed by atoms with Gasteiger partial charge in [-0.15, -0.1) is 0 Å². The number of hydrogen-bond donors (Lipinski definition) is 1. The highest BCUT2D eigenvalue weighted by Gasteiger charge is 2.10. The molecule has 1 N–H and O–H groups in total. The van der Waals surface area contributed by atoms with Gasteiger partial charge in [0.25, 0.3) is 0 Å². The van der Waals surface area contributed by atoms with Gasteiger partial charge in [0.15, 0.2) is 5.82 Å². The van der Waals surface area contributed by atoms with Crippen molar-refractivity contribution in [1.82, 2.24) is 9.97 Å². The minimum Gasteiger partial charge on any atom is -0.377 e. The average molecular weight is 252 g/mol. The molecule has 1 rings (SSSR count). The Labute approximate surface area is 110 Å². The van der Waals surface area contributed by atoms with Crippen LogP contribution >= 0.6 is 0 Å². The lowest BCUT2D eigenvalue weighted by Gasteiger charge is -2.23. The van der Waals surface area contributed by atoms with E-state index in [1.807, 2.05) is 13.1 Å². The number of anilines is 2. The molecule has 0 unspecified atom stereocenters. The van der Waals surface area contributed by atoms with Gasteiger partial charge in [-0.3, -0.25) is 0 Å². The summed E-state index contributed by atoms with van der Waals surface area (Å²) in [5.74, 6) is 2.53. The molecule has 0 aromatic carbocycles. The fourth-order valence-electron chi connectivity index (χ4n) is 1.85. The zero-order chi connectivity index (χ0) is 13.4. The molecule has 18 heavy (non-hydrogen) atoms. The number of aromatic nitrogens is 2. The van der Waals surface area contributed by atoms with E-state index in [9.17, 15) is 0 Å². The first-order chi connectivity index (χ1) is 8.74. The topological polar surface area (TPSA) is 50.3 Å². The highest BCUT2D eigenvalue weighted by Crippen LogP contribution is 2.17. The van der Waals surface area contributed by atoms with Gasteiger partial charge in [0.1, 0.15) is 18.2 Å². The minimum absolute atomic E-state index is 0.439. The van der Waals surface area contributed by atoms with Crippen molar-refractivity contribution < 1.29 is 4.74 Å². The van der Waals surface area contributed by atoms with Gasteiger partial charge >= 0.3 is 0 Å². The molecular formula is C13H24N4O. The lowest BCUT2D eigenvalue weighted by atomic mass is 10.3. The lowest BCUT2D eigenvalue weighted by molar-refractivity contribution is 0.178. The van der Waals surface area contributed by atoms with Gasteiger partial charge in [0.2, 0.25) is 0 Å². The predicted molar refractivity (Wildman–Crippen MR) is 75.1 cm³/mol. The van der Waals surface area contributed by atoms with Crippen molar-refractivity contribution >= 4 is 11.6 Å². The van der Waals surface area contributed by atoms with E-state index in [-0.39, 0.29) is 0 Å². The zero-order valence-electron chi connectivity index (χ0n) is 11.9. The molecule has 0 aliphatic carbocycles. The predicted octanol–water partition coefficient (Wildman–Crippen LogP) is 2.29. The molecule has 0 fully saturated rings. The summed E-state index contributed by atoms with van der Waals surface area (Å²) in [5, 5.41) is 3.07. The quantitative estimate of drug-likeness (QED) is 0.769. The minimum atomic E-state index is 0.439. The van der Waals surface area contributed by atoms with Crippen LogP contribution in [0.15, 0.2) is 6.07 Å². The number of methoxy groups -OCH3 is 1. The zero-order valence-corrected chi connectivity index (χ0v) is 11.9. The summed E-state index contributed by atoms with van der Waals surface area (Å²) in [4.78, 5) is 11.2. The van der Waals surface area contributed by atoms with E-state index >= 15 is 0 Å². The monoisotopic (exact) mass is 252 g/mol. The molecule has 0 atom stereocenters. The van der Waals surface area contributed by atoms with E-state index in [1.165, 1.54) is 0 Å². The molecule has 0 spiro atoms. The second-order valence-electron chi connectivity index (χ2n) is 4.20. The smallest absolute Gasteiger partial charge is 0.158 e. The van der Waals surface area contributed by atoms with Crippen LogP contribution in [0, 0.1) is 0 Å². The van der Waals surface area contributed by atoms with Crippen LogP contribution in [0.4, 0.5) is 11.6 Å².